The first kappa shape index (κ1) is 21.7. The first-order chi connectivity index (χ1) is 15.9. The van der Waals surface area contributed by atoms with Crippen LogP contribution in [0.1, 0.15) is 58.4 Å². The molecule has 2 bridgehead atoms. The van der Waals surface area contributed by atoms with Crippen molar-refractivity contribution in [1.29, 1.82) is 0 Å². The predicted octanol–water partition coefficient (Wildman–Crippen LogP) is 5.27. The molecule has 3 nitrogen and oxygen atoms in total. The minimum Gasteiger partial charge on any atom is -0.387 e. The Kier molecular flexibility index (Phi) is 5.18. The molecule has 2 aliphatic carbocycles. The molecule has 1 aromatic heterocycles. The molecule has 1 N–H and O–H groups in total. The Hall–Kier alpha value is -1.79. The van der Waals surface area contributed by atoms with Gasteiger partial charge in [0.15, 0.2) is 0 Å². The molecule has 0 unspecified atom stereocenters. The van der Waals surface area contributed by atoms with Crippen LogP contribution in [0.5, 0.6) is 0 Å². The molecular weight excluding hydrogens is 440 g/mol. The molecule has 0 saturated carbocycles. The Labute approximate surface area is 202 Å². The zero-order valence-electron chi connectivity index (χ0n) is 19.9. The number of fused-ring (bicyclic) bond motifs is 8. The number of rotatable bonds is 5. The standard InChI is InChI=1S/C28H34N2OSSi/c1-33(2,3)27-29-17-25(32-27)26(31)19-12-14-30(15-13-19)18-28-16-22(20-8-4-6-10-23(20)28)21-9-5-7-11-24(21)28/h4-11,17,19,22,26,31H,12-16,18H2,1-3H3/t22?,26-,28?/m1/s1. The third-order valence-corrected chi connectivity index (χ3v) is 12.7. The second-order valence-electron chi connectivity index (χ2n) is 11.4. The minimum absolute atomic E-state index is 0.132. The third-order valence-electron chi connectivity index (χ3n) is 8.29. The van der Waals surface area contributed by atoms with Crippen molar-refractivity contribution in [2.75, 3.05) is 19.6 Å². The fourth-order valence-corrected chi connectivity index (χ4v) is 9.40. The number of thiazole rings is 1. The molecule has 3 aliphatic rings. The maximum atomic E-state index is 11.1. The van der Waals surface area contributed by atoms with Crippen molar-refractivity contribution in [3.8, 4) is 0 Å². The molecule has 6 rings (SSSR count). The van der Waals surface area contributed by atoms with Crippen LogP contribution in [-0.4, -0.2) is 42.7 Å². The summed E-state index contributed by atoms with van der Waals surface area (Å²) in [6.45, 7) is 10.2. The number of aliphatic hydroxyl groups excluding tert-OH is 1. The van der Waals surface area contributed by atoms with Gasteiger partial charge in [-0.05, 0) is 60.5 Å². The van der Waals surface area contributed by atoms with E-state index in [4.69, 9.17) is 0 Å². The molecule has 1 fully saturated rings. The van der Waals surface area contributed by atoms with Gasteiger partial charge in [0.05, 0.1) is 15.6 Å². The van der Waals surface area contributed by atoms with Crippen molar-refractivity contribution in [2.24, 2.45) is 5.92 Å². The van der Waals surface area contributed by atoms with Crippen molar-refractivity contribution in [3.63, 3.8) is 0 Å². The molecule has 3 aromatic rings. The predicted molar refractivity (Wildman–Crippen MR) is 139 cm³/mol. The number of aliphatic hydroxyl groups is 1. The fraction of sp³-hybridized carbons (Fsp3) is 0.464. The lowest BCUT2D eigenvalue weighted by Gasteiger charge is -2.40. The Morgan fingerprint density at radius 1 is 1.03 bits per heavy atom. The summed E-state index contributed by atoms with van der Waals surface area (Å²) in [6, 6.07) is 18.3. The maximum absolute atomic E-state index is 11.1. The van der Waals surface area contributed by atoms with Gasteiger partial charge in [-0.1, -0.05) is 68.2 Å². The van der Waals surface area contributed by atoms with Crippen molar-refractivity contribution < 1.29 is 5.11 Å². The lowest BCUT2D eigenvalue weighted by Crippen LogP contribution is -2.44. The molecule has 1 saturated heterocycles. The number of hydrogen-bond donors (Lipinski definition) is 1. The number of aromatic nitrogens is 1. The number of benzene rings is 2. The lowest BCUT2D eigenvalue weighted by molar-refractivity contribution is 0.0561. The van der Waals surface area contributed by atoms with E-state index in [9.17, 15) is 5.11 Å². The van der Waals surface area contributed by atoms with Gasteiger partial charge in [0.1, 0.15) is 8.07 Å². The maximum Gasteiger partial charge on any atom is 0.114 e. The van der Waals surface area contributed by atoms with Crippen LogP contribution < -0.4 is 4.63 Å². The highest BCUT2D eigenvalue weighted by molar-refractivity contribution is 7.25. The Morgan fingerprint density at radius 2 is 1.64 bits per heavy atom. The second kappa shape index (κ2) is 7.87. The summed E-state index contributed by atoms with van der Waals surface area (Å²) in [7, 11) is -1.42. The van der Waals surface area contributed by atoms with E-state index in [-0.39, 0.29) is 11.5 Å². The zero-order valence-corrected chi connectivity index (χ0v) is 21.7. The first-order valence-corrected chi connectivity index (χ1v) is 16.7. The molecule has 0 amide bonds. The molecule has 1 aliphatic heterocycles. The van der Waals surface area contributed by atoms with Gasteiger partial charge in [0.25, 0.3) is 0 Å². The van der Waals surface area contributed by atoms with E-state index < -0.39 is 8.07 Å². The molecular formula is C28H34N2OSSi. The molecule has 33 heavy (non-hydrogen) atoms. The van der Waals surface area contributed by atoms with Gasteiger partial charge in [0.2, 0.25) is 0 Å². The van der Waals surface area contributed by atoms with E-state index in [1.165, 1.54) is 11.1 Å². The van der Waals surface area contributed by atoms with Crippen LogP contribution in [0.2, 0.25) is 19.6 Å². The fourth-order valence-electron chi connectivity index (χ4n) is 6.62. The van der Waals surface area contributed by atoms with Gasteiger partial charge in [-0.2, -0.15) is 0 Å². The van der Waals surface area contributed by atoms with Gasteiger partial charge in [-0.25, -0.2) is 0 Å². The highest BCUT2D eigenvalue weighted by Crippen LogP contribution is 2.60. The summed E-state index contributed by atoms with van der Waals surface area (Å²) in [5.74, 6) is 0.900. The van der Waals surface area contributed by atoms with Crippen LogP contribution in [0.25, 0.3) is 0 Å². The molecule has 5 heteroatoms. The van der Waals surface area contributed by atoms with Crippen molar-refractivity contribution in [2.45, 2.75) is 56.3 Å². The van der Waals surface area contributed by atoms with E-state index in [2.05, 4.69) is 78.1 Å². The summed E-state index contributed by atoms with van der Waals surface area (Å²) in [4.78, 5) is 8.41. The topological polar surface area (TPSA) is 36.4 Å². The average Bonchev–Trinajstić information content (AvgIpc) is 3.52. The molecule has 2 aromatic carbocycles. The Bertz CT molecular complexity index is 1130. The van der Waals surface area contributed by atoms with Gasteiger partial charge in [-0.3, -0.25) is 4.98 Å². The van der Waals surface area contributed by atoms with Crippen LogP contribution >= 0.6 is 11.3 Å². The number of nitrogens with zero attached hydrogens (tertiary/aromatic N) is 2. The molecule has 2 heterocycles. The number of likely N-dealkylation sites (tertiary alicyclic amines) is 1. The van der Waals surface area contributed by atoms with Gasteiger partial charge in [0, 0.05) is 24.1 Å². The van der Waals surface area contributed by atoms with Gasteiger partial charge in [-0.15, -0.1) is 11.3 Å². The molecule has 1 atom stereocenters. The van der Waals surface area contributed by atoms with Crippen molar-refractivity contribution in [3.05, 3.63) is 81.9 Å². The minimum atomic E-state index is -1.42. The zero-order chi connectivity index (χ0) is 22.8. The lowest BCUT2D eigenvalue weighted by atomic mass is 9.74. The smallest absolute Gasteiger partial charge is 0.114 e. The van der Waals surface area contributed by atoms with E-state index >= 15 is 0 Å². The van der Waals surface area contributed by atoms with E-state index in [1.54, 1.807) is 33.6 Å². The largest absolute Gasteiger partial charge is 0.387 e. The Morgan fingerprint density at radius 3 is 2.21 bits per heavy atom. The first-order valence-electron chi connectivity index (χ1n) is 12.4. The summed E-state index contributed by atoms with van der Waals surface area (Å²) in [6.07, 6.45) is 4.92. The van der Waals surface area contributed by atoms with E-state index in [0.29, 0.717) is 11.8 Å². The van der Waals surface area contributed by atoms with Crippen LogP contribution in [0.3, 0.4) is 0 Å². The highest BCUT2D eigenvalue weighted by Gasteiger charge is 2.53. The monoisotopic (exact) mass is 474 g/mol. The number of piperidine rings is 1. The van der Waals surface area contributed by atoms with Crippen LogP contribution in [0, 0.1) is 5.92 Å². The van der Waals surface area contributed by atoms with E-state index in [1.807, 2.05) is 6.20 Å². The van der Waals surface area contributed by atoms with Crippen LogP contribution in [0.4, 0.5) is 0 Å². The molecule has 0 radical (unpaired) electrons. The third kappa shape index (κ3) is 3.47. The second-order valence-corrected chi connectivity index (χ2v) is 17.8. The van der Waals surface area contributed by atoms with Gasteiger partial charge >= 0.3 is 0 Å². The highest BCUT2D eigenvalue weighted by atomic mass is 32.1. The SMILES string of the molecule is C[Si](C)(C)c1ncc([C@H](O)C2CCN(CC34CC(c5ccccc53)c3ccccc34)CC2)s1. The van der Waals surface area contributed by atoms with E-state index in [0.717, 1.165) is 37.4 Å². The quantitative estimate of drug-likeness (QED) is 0.512. The van der Waals surface area contributed by atoms with Crippen LogP contribution in [-0.2, 0) is 5.41 Å². The van der Waals surface area contributed by atoms with Gasteiger partial charge < -0.3 is 10.0 Å². The molecule has 172 valence electrons. The van der Waals surface area contributed by atoms with Crippen molar-refractivity contribution in [1.82, 2.24) is 9.88 Å². The normalized spacial score (nSPS) is 25.8. The van der Waals surface area contributed by atoms with Crippen molar-refractivity contribution >= 4 is 24.0 Å². The summed E-state index contributed by atoms with van der Waals surface area (Å²) >= 11 is 1.75. The summed E-state index contributed by atoms with van der Waals surface area (Å²) < 4.78 is 1.25. The summed E-state index contributed by atoms with van der Waals surface area (Å²) in [5, 5.41) is 11.1. The molecule has 0 spiro atoms. The average molecular weight is 475 g/mol. The number of hydrogen-bond acceptors (Lipinski definition) is 4. The summed E-state index contributed by atoms with van der Waals surface area (Å²) in [5.41, 5.74) is 6.33. The Balaban J connectivity index is 1.19. The van der Waals surface area contributed by atoms with Crippen LogP contribution in [0.15, 0.2) is 54.7 Å².